The zero-order valence-corrected chi connectivity index (χ0v) is 17.4. The van der Waals surface area contributed by atoms with Crippen molar-refractivity contribution in [2.75, 3.05) is 6.61 Å². The molecular formula is C23H19ClN2O2S. The smallest absolute Gasteiger partial charge is 0.251 e. The quantitative estimate of drug-likeness (QED) is 0.418. The first kappa shape index (κ1) is 19.4. The molecule has 0 saturated heterocycles. The minimum absolute atomic E-state index is 0.123. The van der Waals surface area contributed by atoms with E-state index in [1.54, 1.807) is 17.4 Å². The van der Waals surface area contributed by atoms with Gasteiger partial charge in [0.2, 0.25) is 0 Å². The Labute approximate surface area is 178 Å². The highest BCUT2D eigenvalue weighted by molar-refractivity contribution is 7.09. The lowest BCUT2D eigenvalue weighted by atomic mass is 10.1. The Morgan fingerprint density at radius 1 is 1.14 bits per heavy atom. The zero-order chi connectivity index (χ0) is 20.2. The summed E-state index contributed by atoms with van der Waals surface area (Å²) in [6.07, 6.45) is 0. The normalized spacial score (nSPS) is 10.8. The number of carbonyl (C=O) groups excluding carboxylic acids is 1. The third-order valence-corrected chi connectivity index (χ3v) is 5.57. The summed E-state index contributed by atoms with van der Waals surface area (Å²) in [6.45, 7) is 2.96. The minimum atomic E-state index is -0.123. The minimum Gasteiger partial charge on any atom is -0.493 e. The number of pyridine rings is 1. The van der Waals surface area contributed by atoms with E-state index in [4.69, 9.17) is 21.3 Å². The number of halogens is 1. The maximum absolute atomic E-state index is 12.6. The standard InChI is InChI=1S/C23H19ClN2O2S/c1-2-28-22-13-21(15-5-3-6-17(24)11-15)26-20-9-8-16(12-19(20)22)23(27)25-14-18-7-4-10-29-18/h3-13H,2,14H2,1H3,(H,25,27). The van der Waals surface area contributed by atoms with Crippen molar-refractivity contribution in [1.29, 1.82) is 0 Å². The van der Waals surface area contributed by atoms with E-state index >= 15 is 0 Å². The third-order valence-electron chi connectivity index (χ3n) is 4.46. The monoisotopic (exact) mass is 422 g/mol. The molecule has 1 amide bonds. The maximum atomic E-state index is 12.6. The van der Waals surface area contributed by atoms with E-state index in [0.717, 1.165) is 27.0 Å². The average molecular weight is 423 g/mol. The number of aromatic nitrogens is 1. The molecule has 0 aliphatic carbocycles. The Morgan fingerprint density at radius 3 is 2.79 bits per heavy atom. The molecule has 0 atom stereocenters. The molecule has 0 saturated carbocycles. The highest BCUT2D eigenvalue weighted by Gasteiger charge is 2.13. The van der Waals surface area contributed by atoms with Crippen molar-refractivity contribution in [3.8, 4) is 17.0 Å². The zero-order valence-electron chi connectivity index (χ0n) is 15.8. The molecule has 0 aliphatic heterocycles. The van der Waals surface area contributed by atoms with Crippen LogP contribution in [0, 0.1) is 0 Å². The topological polar surface area (TPSA) is 51.2 Å². The Bertz CT molecular complexity index is 1160. The lowest BCUT2D eigenvalue weighted by Crippen LogP contribution is -2.22. The molecule has 2 heterocycles. The molecule has 6 heteroatoms. The number of thiophene rings is 1. The predicted molar refractivity (Wildman–Crippen MR) is 119 cm³/mol. The fraction of sp³-hybridized carbons (Fsp3) is 0.130. The van der Waals surface area contributed by atoms with Gasteiger partial charge in [0.1, 0.15) is 5.75 Å². The molecule has 0 radical (unpaired) electrons. The first-order chi connectivity index (χ1) is 14.1. The Hall–Kier alpha value is -2.89. The van der Waals surface area contributed by atoms with Gasteiger partial charge in [-0.25, -0.2) is 4.98 Å². The number of hydrogen-bond donors (Lipinski definition) is 1. The van der Waals surface area contributed by atoms with Crippen molar-refractivity contribution in [3.05, 3.63) is 81.5 Å². The van der Waals surface area contributed by atoms with Crippen LogP contribution in [0.2, 0.25) is 5.02 Å². The number of ether oxygens (including phenoxy) is 1. The van der Waals surface area contributed by atoms with Crippen molar-refractivity contribution in [2.45, 2.75) is 13.5 Å². The Balaban J connectivity index is 1.69. The molecule has 0 fully saturated rings. The van der Waals surface area contributed by atoms with E-state index in [9.17, 15) is 4.79 Å². The van der Waals surface area contributed by atoms with Gasteiger partial charge in [0, 0.05) is 32.5 Å². The first-order valence-corrected chi connectivity index (χ1v) is 10.5. The Morgan fingerprint density at radius 2 is 2.03 bits per heavy atom. The van der Waals surface area contributed by atoms with Gasteiger partial charge in [0.05, 0.1) is 24.4 Å². The summed E-state index contributed by atoms with van der Waals surface area (Å²) < 4.78 is 5.86. The van der Waals surface area contributed by atoms with Gasteiger partial charge in [-0.3, -0.25) is 4.79 Å². The second-order valence-electron chi connectivity index (χ2n) is 6.44. The van der Waals surface area contributed by atoms with Crippen molar-refractivity contribution >= 4 is 39.7 Å². The highest BCUT2D eigenvalue weighted by Crippen LogP contribution is 2.31. The molecular weight excluding hydrogens is 404 g/mol. The van der Waals surface area contributed by atoms with Crippen LogP contribution in [-0.2, 0) is 6.54 Å². The molecule has 2 aromatic heterocycles. The summed E-state index contributed by atoms with van der Waals surface area (Å²) in [6, 6.07) is 18.9. The molecule has 2 aromatic carbocycles. The number of amides is 1. The molecule has 4 nitrogen and oxygen atoms in total. The summed E-state index contributed by atoms with van der Waals surface area (Å²) >= 11 is 7.75. The number of hydrogen-bond acceptors (Lipinski definition) is 4. The van der Waals surface area contributed by atoms with Crippen LogP contribution in [0.25, 0.3) is 22.2 Å². The lowest BCUT2D eigenvalue weighted by molar-refractivity contribution is 0.0951. The van der Waals surface area contributed by atoms with Crippen molar-refractivity contribution in [3.63, 3.8) is 0 Å². The summed E-state index contributed by atoms with van der Waals surface area (Å²) in [5, 5.41) is 6.41. The van der Waals surface area contributed by atoms with Crippen LogP contribution >= 0.6 is 22.9 Å². The molecule has 0 bridgehead atoms. The van der Waals surface area contributed by atoms with Gasteiger partial charge in [-0.1, -0.05) is 29.8 Å². The average Bonchev–Trinajstić information content (AvgIpc) is 3.25. The fourth-order valence-electron chi connectivity index (χ4n) is 3.09. The van der Waals surface area contributed by atoms with E-state index in [0.29, 0.717) is 29.5 Å². The summed E-state index contributed by atoms with van der Waals surface area (Å²) in [5.41, 5.74) is 3.03. The van der Waals surface area contributed by atoms with E-state index in [1.165, 1.54) is 0 Å². The van der Waals surface area contributed by atoms with Crippen molar-refractivity contribution in [2.24, 2.45) is 0 Å². The number of benzene rings is 2. The van der Waals surface area contributed by atoms with Gasteiger partial charge in [0.15, 0.2) is 0 Å². The van der Waals surface area contributed by atoms with E-state index in [-0.39, 0.29) is 5.91 Å². The molecule has 4 rings (SSSR count). The van der Waals surface area contributed by atoms with Gasteiger partial charge in [-0.15, -0.1) is 11.3 Å². The number of fused-ring (bicyclic) bond motifs is 1. The molecule has 146 valence electrons. The number of nitrogens with zero attached hydrogens (tertiary/aromatic N) is 1. The van der Waals surface area contributed by atoms with E-state index in [1.807, 2.05) is 66.9 Å². The van der Waals surface area contributed by atoms with Crippen LogP contribution in [0.1, 0.15) is 22.2 Å². The molecule has 29 heavy (non-hydrogen) atoms. The van der Waals surface area contributed by atoms with Crippen LogP contribution in [-0.4, -0.2) is 17.5 Å². The van der Waals surface area contributed by atoms with Crippen LogP contribution in [0.3, 0.4) is 0 Å². The van der Waals surface area contributed by atoms with E-state index < -0.39 is 0 Å². The van der Waals surface area contributed by atoms with Crippen LogP contribution in [0.15, 0.2) is 66.0 Å². The third kappa shape index (κ3) is 4.42. The Kier molecular flexibility index (Phi) is 5.79. The molecule has 0 spiro atoms. The predicted octanol–water partition coefficient (Wildman–Crippen LogP) is 5.95. The van der Waals surface area contributed by atoms with Gasteiger partial charge in [-0.2, -0.15) is 0 Å². The van der Waals surface area contributed by atoms with Crippen molar-refractivity contribution < 1.29 is 9.53 Å². The SMILES string of the molecule is CCOc1cc(-c2cccc(Cl)c2)nc2ccc(C(=O)NCc3cccs3)cc12. The van der Waals surface area contributed by atoms with Crippen LogP contribution in [0.4, 0.5) is 0 Å². The first-order valence-electron chi connectivity index (χ1n) is 9.28. The number of nitrogens with one attached hydrogen (secondary N) is 1. The molecule has 0 aliphatic rings. The summed E-state index contributed by atoms with van der Waals surface area (Å²) in [7, 11) is 0. The summed E-state index contributed by atoms with van der Waals surface area (Å²) in [5.74, 6) is 0.571. The van der Waals surface area contributed by atoms with Crippen LogP contribution in [0.5, 0.6) is 5.75 Å². The number of rotatable bonds is 6. The maximum Gasteiger partial charge on any atom is 0.251 e. The largest absolute Gasteiger partial charge is 0.493 e. The second-order valence-corrected chi connectivity index (χ2v) is 7.91. The fourth-order valence-corrected chi connectivity index (χ4v) is 3.92. The van der Waals surface area contributed by atoms with Gasteiger partial charge < -0.3 is 10.1 Å². The summed E-state index contributed by atoms with van der Waals surface area (Å²) in [4.78, 5) is 18.5. The second kappa shape index (κ2) is 8.64. The lowest BCUT2D eigenvalue weighted by Gasteiger charge is -2.12. The number of carbonyl (C=O) groups is 1. The van der Waals surface area contributed by atoms with Gasteiger partial charge >= 0.3 is 0 Å². The van der Waals surface area contributed by atoms with E-state index in [2.05, 4.69) is 5.32 Å². The highest BCUT2D eigenvalue weighted by atomic mass is 35.5. The molecule has 0 unspecified atom stereocenters. The molecule has 4 aromatic rings. The van der Waals surface area contributed by atoms with Crippen LogP contribution < -0.4 is 10.1 Å². The van der Waals surface area contributed by atoms with Gasteiger partial charge in [-0.05, 0) is 48.7 Å². The molecule has 1 N–H and O–H groups in total. The van der Waals surface area contributed by atoms with Gasteiger partial charge in [0.25, 0.3) is 5.91 Å². The van der Waals surface area contributed by atoms with Crippen molar-refractivity contribution in [1.82, 2.24) is 10.3 Å².